The molecule has 1 fully saturated rings. The number of nitrogens with zero attached hydrogens (tertiary/aromatic N) is 1. The van der Waals surface area contributed by atoms with Crippen LogP contribution in [0.1, 0.15) is 12.5 Å². The minimum absolute atomic E-state index is 0.0229. The first-order valence-corrected chi connectivity index (χ1v) is 7.63. The molecular formula is C16H22N2O4. The summed E-state index contributed by atoms with van der Waals surface area (Å²) in [5.41, 5.74) is 1.06. The first-order chi connectivity index (χ1) is 10.7. The number of carbonyl (C=O) groups excluding carboxylic acids is 1. The molecule has 2 aliphatic rings. The molecule has 0 radical (unpaired) electrons. The van der Waals surface area contributed by atoms with E-state index in [4.69, 9.17) is 14.2 Å². The zero-order chi connectivity index (χ0) is 15.5. The van der Waals surface area contributed by atoms with E-state index in [-0.39, 0.29) is 18.2 Å². The number of urea groups is 1. The number of ether oxygens (including phenoxy) is 3. The minimum Gasteiger partial charge on any atom is -0.493 e. The number of hydrogen-bond donors (Lipinski definition) is 1. The number of rotatable bonds is 2. The van der Waals surface area contributed by atoms with Crippen molar-refractivity contribution in [3.8, 4) is 11.5 Å². The molecule has 0 saturated carbocycles. The van der Waals surface area contributed by atoms with Crippen molar-refractivity contribution < 1.29 is 19.0 Å². The maximum Gasteiger partial charge on any atom is 0.317 e. The molecule has 0 bridgehead atoms. The van der Waals surface area contributed by atoms with Gasteiger partial charge in [0.25, 0.3) is 0 Å². The molecule has 120 valence electrons. The zero-order valence-electron chi connectivity index (χ0n) is 13.0. The van der Waals surface area contributed by atoms with E-state index in [1.807, 2.05) is 25.1 Å². The highest BCUT2D eigenvalue weighted by atomic mass is 16.5. The van der Waals surface area contributed by atoms with Crippen LogP contribution in [-0.4, -0.2) is 56.5 Å². The Bertz CT molecular complexity index is 549. The second-order valence-corrected chi connectivity index (χ2v) is 5.74. The average Bonchev–Trinajstić information content (AvgIpc) is 2.54. The summed E-state index contributed by atoms with van der Waals surface area (Å²) < 4.78 is 16.5. The van der Waals surface area contributed by atoms with E-state index in [1.165, 1.54) is 0 Å². The first kappa shape index (κ1) is 15.0. The highest BCUT2D eigenvalue weighted by Gasteiger charge is 2.27. The second-order valence-electron chi connectivity index (χ2n) is 5.74. The van der Waals surface area contributed by atoms with Crippen molar-refractivity contribution in [2.45, 2.75) is 25.5 Å². The molecule has 2 heterocycles. The summed E-state index contributed by atoms with van der Waals surface area (Å²) in [5, 5.41) is 3.05. The summed E-state index contributed by atoms with van der Waals surface area (Å²) in [6.07, 6.45) is 0.838. The molecule has 1 aromatic carbocycles. The van der Waals surface area contributed by atoms with E-state index in [0.29, 0.717) is 26.3 Å². The lowest BCUT2D eigenvalue weighted by molar-refractivity contribution is -0.00416. The SMILES string of the molecule is COc1cccc2c1OC[C@H](NC(=O)N1CCO[C@H](C)C1)C2. The highest BCUT2D eigenvalue weighted by Crippen LogP contribution is 2.34. The number of nitrogens with one attached hydrogen (secondary N) is 1. The van der Waals surface area contributed by atoms with Crippen LogP contribution in [0.25, 0.3) is 0 Å². The highest BCUT2D eigenvalue weighted by molar-refractivity contribution is 5.74. The number of hydrogen-bond acceptors (Lipinski definition) is 4. The van der Waals surface area contributed by atoms with Crippen LogP contribution in [0.5, 0.6) is 11.5 Å². The molecule has 22 heavy (non-hydrogen) atoms. The normalized spacial score (nSPS) is 24.2. The smallest absolute Gasteiger partial charge is 0.317 e. The van der Waals surface area contributed by atoms with Crippen molar-refractivity contribution in [1.29, 1.82) is 0 Å². The predicted molar refractivity (Wildman–Crippen MR) is 81.5 cm³/mol. The molecule has 0 unspecified atom stereocenters. The Balaban J connectivity index is 1.61. The fraction of sp³-hybridized carbons (Fsp3) is 0.562. The van der Waals surface area contributed by atoms with Gasteiger partial charge in [0, 0.05) is 18.7 Å². The van der Waals surface area contributed by atoms with Crippen molar-refractivity contribution in [2.75, 3.05) is 33.4 Å². The number of amides is 2. The molecule has 2 aliphatic heterocycles. The summed E-state index contributed by atoms with van der Waals surface area (Å²) in [5.74, 6) is 1.53. The van der Waals surface area contributed by atoms with Gasteiger partial charge < -0.3 is 24.4 Å². The van der Waals surface area contributed by atoms with Crippen molar-refractivity contribution in [3.63, 3.8) is 0 Å². The van der Waals surface area contributed by atoms with Crippen molar-refractivity contribution in [2.24, 2.45) is 0 Å². The lowest BCUT2D eigenvalue weighted by atomic mass is 10.0. The molecule has 0 spiro atoms. The molecule has 2 amide bonds. The Morgan fingerprint density at radius 3 is 3.09 bits per heavy atom. The third-order valence-electron chi connectivity index (χ3n) is 4.03. The fourth-order valence-corrected chi connectivity index (χ4v) is 2.92. The maximum absolute atomic E-state index is 12.3. The third kappa shape index (κ3) is 3.11. The molecule has 6 nitrogen and oxygen atoms in total. The molecule has 3 rings (SSSR count). The third-order valence-corrected chi connectivity index (χ3v) is 4.03. The van der Waals surface area contributed by atoms with Gasteiger partial charge >= 0.3 is 6.03 Å². The largest absolute Gasteiger partial charge is 0.493 e. The summed E-state index contributed by atoms with van der Waals surface area (Å²) in [4.78, 5) is 14.1. The fourth-order valence-electron chi connectivity index (χ4n) is 2.92. The number of carbonyl (C=O) groups is 1. The van der Waals surface area contributed by atoms with Crippen LogP contribution in [-0.2, 0) is 11.2 Å². The molecule has 2 atom stereocenters. The van der Waals surface area contributed by atoms with Gasteiger partial charge in [0.05, 0.1) is 25.9 Å². The van der Waals surface area contributed by atoms with Gasteiger partial charge in [0.2, 0.25) is 0 Å². The Morgan fingerprint density at radius 2 is 2.32 bits per heavy atom. The minimum atomic E-state index is -0.0462. The van der Waals surface area contributed by atoms with E-state index >= 15 is 0 Å². The van der Waals surface area contributed by atoms with Crippen LogP contribution in [0.15, 0.2) is 18.2 Å². The zero-order valence-corrected chi connectivity index (χ0v) is 13.0. The van der Waals surface area contributed by atoms with Crippen LogP contribution < -0.4 is 14.8 Å². The number of fused-ring (bicyclic) bond motifs is 1. The van der Waals surface area contributed by atoms with E-state index in [2.05, 4.69) is 5.32 Å². The van der Waals surface area contributed by atoms with Crippen LogP contribution in [0.4, 0.5) is 4.79 Å². The molecule has 0 aliphatic carbocycles. The lowest BCUT2D eigenvalue weighted by Crippen LogP contribution is -2.53. The van der Waals surface area contributed by atoms with Gasteiger partial charge in [-0.15, -0.1) is 0 Å². The van der Waals surface area contributed by atoms with Crippen molar-refractivity contribution in [3.05, 3.63) is 23.8 Å². The van der Waals surface area contributed by atoms with Crippen LogP contribution in [0, 0.1) is 0 Å². The second kappa shape index (κ2) is 6.44. The average molecular weight is 306 g/mol. The Morgan fingerprint density at radius 1 is 1.45 bits per heavy atom. The van der Waals surface area contributed by atoms with E-state index in [9.17, 15) is 4.79 Å². The van der Waals surface area contributed by atoms with Gasteiger partial charge in [0.1, 0.15) is 6.61 Å². The summed E-state index contributed by atoms with van der Waals surface area (Å²) in [6, 6.07) is 5.76. The summed E-state index contributed by atoms with van der Waals surface area (Å²) >= 11 is 0. The monoisotopic (exact) mass is 306 g/mol. The van der Waals surface area contributed by atoms with Crippen LogP contribution >= 0.6 is 0 Å². The maximum atomic E-state index is 12.3. The first-order valence-electron chi connectivity index (χ1n) is 7.63. The molecule has 6 heteroatoms. The van der Waals surface area contributed by atoms with Gasteiger partial charge in [-0.05, 0) is 19.4 Å². The Hall–Kier alpha value is -1.95. The van der Waals surface area contributed by atoms with Gasteiger partial charge in [-0.25, -0.2) is 4.79 Å². The quantitative estimate of drug-likeness (QED) is 0.898. The Labute approximate surface area is 130 Å². The number of methoxy groups -OCH3 is 1. The predicted octanol–water partition coefficient (Wildman–Crippen LogP) is 1.43. The number of para-hydroxylation sites is 1. The van der Waals surface area contributed by atoms with E-state index in [1.54, 1.807) is 12.0 Å². The van der Waals surface area contributed by atoms with Gasteiger partial charge in [-0.2, -0.15) is 0 Å². The summed E-state index contributed by atoms with van der Waals surface area (Å²) in [6.45, 7) is 4.29. The molecule has 1 aromatic rings. The van der Waals surface area contributed by atoms with E-state index < -0.39 is 0 Å². The molecule has 1 N–H and O–H groups in total. The lowest BCUT2D eigenvalue weighted by Gasteiger charge is -2.33. The molecule has 0 aromatic heterocycles. The van der Waals surface area contributed by atoms with E-state index in [0.717, 1.165) is 23.5 Å². The van der Waals surface area contributed by atoms with Crippen molar-refractivity contribution in [1.82, 2.24) is 10.2 Å². The Kier molecular flexibility index (Phi) is 4.38. The van der Waals surface area contributed by atoms with Gasteiger partial charge in [-0.3, -0.25) is 0 Å². The van der Waals surface area contributed by atoms with Gasteiger partial charge in [0.15, 0.2) is 11.5 Å². The number of morpholine rings is 1. The molecular weight excluding hydrogens is 284 g/mol. The van der Waals surface area contributed by atoms with Crippen molar-refractivity contribution >= 4 is 6.03 Å². The van der Waals surface area contributed by atoms with Crippen LogP contribution in [0.3, 0.4) is 0 Å². The van der Waals surface area contributed by atoms with Crippen LogP contribution in [0.2, 0.25) is 0 Å². The standard InChI is InChI=1S/C16H22N2O4/c1-11-9-18(6-7-21-11)16(19)17-13-8-12-4-3-5-14(20-2)15(12)22-10-13/h3-5,11,13H,6-10H2,1-2H3,(H,17,19)/t11-,13-/m1/s1. The number of benzene rings is 1. The van der Waals surface area contributed by atoms with Gasteiger partial charge in [-0.1, -0.05) is 12.1 Å². The summed E-state index contributed by atoms with van der Waals surface area (Å²) in [7, 11) is 1.63. The molecule has 1 saturated heterocycles. The topological polar surface area (TPSA) is 60.0 Å².